The second-order valence-corrected chi connectivity index (χ2v) is 4.61. The fourth-order valence-corrected chi connectivity index (χ4v) is 1.78. The van der Waals surface area contributed by atoms with Crippen LogP contribution in [0.4, 0.5) is 5.69 Å². The van der Waals surface area contributed by atoms with E-state index in [9.17, 15) is 9.59 Å². The molecule has 2 rings (SSSR count). The molecular formula is C14H16N4O3. The van der Waals surface area contributed by atoms with E-state index in [4.69, 9.17) is 5.73 Å². The van der Waals surface area contributed by atoms with Gasteiger partial charge in [0.05, 0.1) is 18.4 Å². The lowest BCUT2D eigenvalue weighted by Crippen LogP contribution is -2.22. The first kappa shape index (κ1) is 14.6. The summed E-state index contributed by atoms with van der Waals surface area (Å²) in [5.41, 5.74) is 7.25. The number of hydrogen-bond donors (Lipinski definition) is 1. The van der Waals surface area contributed by atoms with Gasteiger partial charge in [-0.25, -0.2) is 9.48 Å². The molecule has 1 aromatic heterocycles. The molecule has 0 aliphatic heterocycles. The number of esters is 1. The molecule has 7 heteroatoms. The molecule has 0 fully saturated rings. The van der Waals surface area contributed by atoms with Gasteiger partial charge >= 0.3 is 5.97 Å². The Kier molecular flexibility index (Phi) is 3.93. The molecule has 0 atom stereocenters. The zero-order chi connectivity index (χ0) is 15.6. The van der Waals surface area contributed by atoms with Crippen molar-refractivity contribution >= 4 is 17.6 Å². The van der Waals surface area contributed by atoms with E-state index in [-0.39, 0.29) is 11.5 Å². The van der Waals surface area contributed by atoms with Crippen LogP contribution in [0, 0.1) is 0 Å². The number of amides is 1. The molecule has 1 heterocycles. The van der Waals surface area contributed by atoms with Crippen LogP contribution in [0.15, 0.2) is 30.5 Å². The summed E-state index contributed by atoms with van der Waals surface area (Å²) in [6.45, 7) is 0. The third-order valence-corrected chi connectivity index (χ3v) is 2.92. The predicted octanol–water partition coefficient (Wildman–Crippen LogP) is 0.943. The van der Waals surface area contributed by atoms with Crippen molar-refractivity contribution in [2.75, 3.05) is 26.9 Å². The van der Waals surface area contributed by atoms with E-state index < -0.39 is 5.97 Å². The van der Waals surface area contributed by atoms with Crippen LogP contribution in [0.1, 0.15) is 20.8 Å². The van der Waals surface area contributed by atoms with E-state index >= 15 is 0 Å². The lowest BCUT2D eigenvalue weighted by atomic mass is 10.1. The summed E-state index contributed by atoms with van der Waals surface area (Å²) in [7, 11) is 4.59. The predicted molar refractivity (Wildman–Crippen MR) is 77.3 cm³/mol. The summed E-state index contributed by atoms with van der Waals surface area (Å²) in [4.78, 5) is 24.9. The summed E-state index contributed by atoms with van der Waals surface area (Å²) in [5.74, 6) is -0.719. The second-order valence-electron chi connectivity index (χ2n) is 4.61. The standard InChI is InChI=1S/C14H16N4O3/c1-17(2)13(19)12-6-7-18(16-12)9-4-5-11(15)10(8-9)14(20)21-3/h4-8H,15H2,1-3H3. The fraction of sp³-hybridized carbons (Fsp3) is 0.214. The number of nitrogen functional groups attached to an aromatic ring is 1. The number of methoxy groups -OCH3 is 1. The minimum absolute atomic E-state index is 0.197. The minimum Gasteiger partial charge on any atom is -0.465 e. The van der Waals surface area contributed by atoms with Crippen molar-refractivity contribution in [3.8, 4) is 5.69 Å². The van der Waals surface area contributed by atoms with Crippen LogP contribution in [0.25, 0.3) is 5.69 Å². The number of hydrogen-bond acceptors (Lipinski definition) is 5. The van der Waals surface area contributed by atoms with Gasteiger partial charge in [-0.15, -0.1) is 0 Å². The second kappa shape index (κ2) is 5.66. The zero-order valence-electron chi connectivity index (χ0n) is 12.0. The van der Waals surface area contributed by atoms with Gasteiger partial charge in [-0.1, -0.05) is 0 Å². The van der Waals surface area contributed by atoms with E-state index in [0.29, 0.717) is 17.1 Å². The first-order chi connectivity index (χ1) is 9.93. The molecule has 0 saturated carbocycles. The highest BCUT2D eigenvalue weighted by Gasteiger charge is 2.14. The first-order valence-corrected chi connectivity index (χ1v) is 6.19. The van der Waals surface area contributed by atoms with Gasteiger partial charge < -0.3 is 15.4 Å². The maximum atomic E-state index is 11.8. The number of nitrogens with zero attached hydrogens (tertiary/aromatic N) is 3. The van der Waals surface area contributed by atoms with Gasteiger partial charge in [0.25, 0.3) is 5.91 Å². The highest BCUT2D eigenvalue weighted by Crippen LogP contribution is 2.18. The van der Waals surface area contributed by atoms with Crippen LogP contribution in [-0.4, -0.2) is 47.8 Å². The Labute approximate surface area is 121 Å². The van der Waals surface area contributed by atoms with Crippen molar-refractivity contribution < 1.29 is 14.3 Å². The highest BCUT2D eigenvalue weighted by atomic mass is 16.5. The molecule has 0 unspecified atom stereocenters. The average Bonchev–Trinajstić information content (AvgIpc) is 2.95. The number of benzene rings is 1. The van der Waals surface area contributed by atoms with Crippen LogP contribution in [-0.2, 0) is 4.74 Å². The third-order valence-electron chi connectivity index (χ3n) is 2.92. The SMILES string of the molecule is COC(=O)c1cc(-n2ccc(C(=O)N(C)C)n2)ccc1N. The quantitative estimate of drug-likeness (QED) is 0.670. The monoisotopic (exact) mass is 288 g/mol. The van der Waals surface area contributed by atoms with Crippen molar-refractivity contribution in [1.29, 1.82) is 0 Å². The number of anilines is 1. The van der Waals surface area contributed by atoms with Crippen LogP contribution >= 0.6 is 0 Å². The van der Waals surface area contributed by atoms with Crippen molar-refractivity contribution in [2.24, 2.45) is 0 Å². The summed E-state index contributed by atoms with van der Waals surface area (Å²) >= 11 is 0. The highest BCUT2D eigenvalue weighted by molar-refractivity contribution is 5.95. The molecule has 0 bridgehead atoms. The molecule has 7 nitrogen and oxygen atoms in total. The van der Waals surface area contributed by atoms with Gasteiger partial charge in [-0.2, -0.15) is 5.10 Å². The molecule has 0 saturated heterocycles. The molecule has 1 amide bonds. The lowest BCUT2D eigenvalue weighted by Gasteiger charge is -2.08. The van der Waals surface area contributed by atoms with Gasteiger partial charge in [0.1, 0.15) is 0 Å². The topological polar surface area (TPSA) is 90.5 Å². The van der Waals surface area contributed by atoms with Gasteiger partial charge in [0, 0.05) is 26.0 Å². The lowest BCUT2D eigenvalue weighted by molar-refractivity contribution is 0.0601. The summed E-state index contributed by atoms with van der Waals surface area (Å²) < 4.78 is 6.18. The van der Waals surface area contributed by atoms with Gasteiger partial charge in [0.15, 0.2) is 5.69 Å². The van der Waals surface area contributed by atoms with Crippen LogP contribution in [0.5, 0.6) is 0 Å². The van der Waals surface area contributed by atoms with Crippen molar-refractivity contribution in [3.63, 3.8) is 0 Å². The Hall–Kier alpha value is -2.83. The largest absolute Gasteiger partial charge is 0.465 e. The van der Waals surface area contributed by atoms with E-state index in [2.05, 4.69) is 9.84 Å². The van der Waals surface area contributed by atoms with E-state index in [1.54, 1.807) is 44.6 Å². The number of carbonyl (C=O) groups is 2. The fourth-order valence-electron chi connectivity index (χ4n) is 1.78. The number of rotatable bonds is 3. The Morgan fingerprint density at radius 2 is 2.00 bits per heavy atom. The number of nitrogens with two attached hydrogens (primary N) is 1. The number of aromatic nitrogens is 2. The van der Waals surface area contributed by atoms with Gasteiger partial charge in [-0.05, 0) is 24.3 Å². The normalized spacial score (nSPS) is 10.2. The molecule has 2 aromatic rings. The molecular weight excluding hydrogens is 272 g/mol. The van der Waals surface area contributed by atoms with E-state index in [1.165, 1.54) is 16.7 Å². The molecule has 0 aliphatic rings. The van der Waals surface area contributed by atoms with Gasteiger partial charge in [-0.3, -0.25) is 4.79 Å². The van der Waals surface area contributed by atoms with Crippen LogP contribution < -0.4 is 5.73 Å². The Morgan fingerprint density at radius 3 is 2.62 bits per heavy atom. The Morgan fingerprint density at radius 1 is 1.29 bits per heavy atom. The van der Waals surface area contributed by atoms with Crippen molar-refractivity contribution in [1.82, 2.24) is 14.7 Å². The van der Waals surface area contributed by atoms with E-state index in [0.717, 1.165) is 0 Å². The molecule has 0 spiro atoms. The molecule has 21 heavy (non-hydrogen) atoms. The van der Waals surface area contributed by atoms with Gasteiger partial charge in [0.2, 0.25) is 0 Å². The third kappa shape index (κ3) is 2.86. The maximum absolute atomic E-state index is 11.8. The maximum Gasteiger partial charge on any atom is 0.340 e. The molecule has 0 aliphatic carbocycles. The number of ether oxygens (including phenoxy) is 1. The molecule has 110 valence electrons. The Bertz CT molecular complexity index is 691. The molecule has 1 aromatic carbocycles. The number of carbonyl (C=O) groups excluding carboxylic acids is 2. The zero-order valence-corrected chi connectivity index (χ0v) is 12.0. The first-order valence-electron chi connectivity index (χ1n) is 6.19. The molecule has 0 radical (unpaired) electrons. The molecule has 2 N–H and O–H groups in total. The summed E-state index contributed by atoms with van der Waals surface area (Å²) in [6, 6.07) is 6.48. The van der Waals surface area contributed by atoms with Crippen molar-refractivity contribution in [2.45, 2.75) is 0 Å². The van der Waals surface area contributed by atoms with Crippen LogP contribution in [0.3, 0.4) is 0 Å². The Balaban J connectivity index is 2.39. The summed E-state index contributed by atoms with van der Waals surface area (Å²) in [5, 5.41) is 4.19. The minimum atomic E-state index is -0.522. The smallest absolute Gasteiger partial charge is 0.340 e. The summed E-state index contributed by atoms with van der Waals surface area (Å²) in [6.07, 6.45) is 1.64. The van der Waals surface area contributed by atoms with E-state index in [1.807, 2.05) is 0 Å². The van der Waals surface area contributed by atoms with Crippen molar-refractivity contribution in [3.05, 3.63) is 41.7 Å². The van der Waals surface area contributed by atoms with Crippen LogP contribution in [0.2, 0.25) is 0 Å². The average molecular weight is 288 g/mol.